The number of aliphatic hydroxyl groups is 1. The SMILES string of the molecule is COC(=O)C1=C(c2ccc(C)cc2)C[C@@H]2C[C@@H](O)[C@H]1N2C. The molecule has 0 amide bonds. The Morgan fingerprint density at radius 3 is 2.62 bits per heavy atom. The molecule has 0 aliphatic carbocycles. The van der Waals surface area contributed by atoms with E-state index >= 15 is 0 Å². The molecule has 0 spiro atoms. The molecule has 0 saturated carbocycles. The molecule has 0 unspecified atom stereocenters. The van der Waals surface area contributed by atoms with E-state index in [1.165, 1.54) is 12.7 Å². The van der Waals surface area contributed by atoms with Gasteiger partial charge in [0.15, 0.2) is 0 Å². The highest BCUT2D eigenvalue weighted by molar-refractivity contribution is 6.00. The number of nitrogens with zero attached hydrogens (tertiary/aromatic N) is 1. The van der Waals surface area contributed by atoms with E-state index < -0.39 is 6.10 Å². The number of carbonyl (C=O) groups excluding carboxylic acids is 1. The second kappa shape index (κ2) is 5.28. The third-order valence-corrected chi connectivity index (χ3v) is 4.76. The summed E-state index contributed by atoms with van der Waals surface area (Å²) in [4.78, 5) is 14.4. The zero-order chi connectivity index (χ0) is 15.1. The van der Waals surface area contributed by atoms with Crippen molar-refractivity contribution in [2.75, 3.05) is 14.2 Å². The fourth-order valence-corrected chi connectivity index (χ4v) is 3.60. The van der Waals surface area contributed by atoms with E-state index in [4.69, 9.17) is 4.74 Å². The maximum Gasteiger partial charge on any atom is 0.335 e. The molecule has 21 heavy (non-hydrogen) atoms. The largest absolute Gasteiger partial charge is 0.466 e. The summed E-state index contributed by atoms with van der Waals surface area (Å²) in [5.74, 6) is -0.332. The standard InChI is InChI=1S/C17H21NO3/c1-10-4-6-11(7-5-10)13-8-12-9-14(19)16(18(12)2)15(13)17(20)21-3/h4-7,12,14,16,19H,8-9H2,1-3H3/t12-,14-,16-/m1/s1. The summed E-state index contributed by atoms with van der Waals surface area (Å²) in [6.07, 6.45) is 0.978. The minimum atomic E-state index is -0.503. The van der Waals surface area contributed by atoms with E-state index in [2.05, 4.69) is 4.90 Å². The lowest BCUT2D eigenvalue weighted by Gasteiger charge is -2.34. The molecule has 1 aromatic carbocycles. The summed E-state index contributed by atoms with van der Waals surface area (Å²) in [7, 11) is 3.37. The minimum absolute atomic E-state index is 0.257. The summed E-state index contributed by atoms with van der Waals surface area (Å²) in [6, 6.07) is 8.22. The molecule has 2 aliphatic rings. The van der Waals surface area contributed by atoms with Crippen molar-refractivity contribution in [2.24, 2.45) is 0 Å². The summed E-state index contributed by atoms with van der Waals surface area (Å²) >= 11 is 0. The van der Waals surface area contributed by atoms with Gasteiger partial charge in [0, 0.05) is 6.04 Å². The van der Waals surface area contributed by atoms with E-state index in [9.17, 15) is 9.90 Å². The quantitative estimate of drug-likeness (QED) is 0.842. The minimum Gasteiger partial charge on any atom is -0.466 e. The van der Waals surface area contributed by atoms with Crippen LogP contribution in [0.1, 0.15) is 24.0 Å². The van der Waals surface area contributed by atoms with Crippen LogP contribution in [0, 0.1) is 6.92 Å². The molecule has 4 heteroatoms. The van der Waals surface area contributed by atoms with Gasteiger partial charge in [-0.3, -0.25) is 4.90 Å². The number of rotatable bonds is 2. The van der Waals surface area contributed by atoms with Crippen LogP contribution in [0.25, 0.3) is 5.57 Å². The molecule has 3 atom stereocenters. The number of benzene rings is 1. The second-order valence-corrected chi connectivity index (χ2v) is 6.02. The number of carbonyl (C=O) groups is 1. The Morgan fingerprint density at radius 1 is 1.33 bits per heavy atom. The molecule has 2 heterocycles. The number of likely N-dealkylation sites (N-methyl/N-ethyl adjacent to an activating group) is 1. The van der Waals surface area contributed by atoms with Crippen LogP contribution in [0.2, 0.25) is 0 Å². The van der Waals surface area contributed by atoms with Gasteiger partial charge in [0.05, 0.1) is 24.8 Å². The van der Waals surface area contributed by atoms with Crippen LogP contribution in [-0.2, 0) is 9.53 Å². The smallest absolute Gasteiger partial charge is 0.335 e. The van der Waals surface area contributed by atoms with Crippen molar-refractivity contribution in [1.29, 1.82) is 0 Å². The van der Waals surface area contributed by atoms with Crippen LogP contribution in [0.4, 0.5) is 0 Å². The first-order valence-electron chi connectivity index (χ1n) is 7.31. The maximum absolute atomic E-state index is 12.3. The van der Waals surface area contributed by atoms with Crippen LogP contribution in [0.15, 0.2) is 29.8 Å². The number of methoxy groups -OCH3 is 1. The zero-order valence-corrected chi connectivity index (χ0v) is 12.7. The number of hydrogen-bond donors (Lipinski definition) is 1. The predicted molar refractivity (Wildman–Crippen MR) is 80.7 cm³/mol. The third-order valence-electron chi connectivity index (χ3n) is 4.76. The first-order valence-corrected chi connectivity index (χ1v) is 7.31. The molecule has 3 rings (SSSR count). The Morgan fingerprint density at radius 2 is 2.00 bits per heavy atom. The van der Waals surface area contributed by atoms with Crippen LogP contribution in [0.3, 0.4) is 0 Å². The van der Waals surface area contributed by atoms with Gasteiger partial charge in [0.1, 0.15) is 0 Å². The average molecular weight is 287 g/mol. The molecular weight excluding hydrogens is 266 g/mol. The summed E-state index contributed by atoms with van der Waals surface area (Å²) in [5.41, 5.74) is 3.88. The monoisotopic (exact) mass is 287 g/mol. The fourth-order valence-electron chi connectivity index (χ4n) is 3.60. The van der Waals surface area contributed by atoms with E-state index in [1.54, 1.807) is 0 Å². The molecule has 0 radical (unpaired) electrons. The van der Waals surface area contributed by atoms with Crippen molar-refractivity contribution in [3.63, 3.8) is 0 Å². The van der Waals surface area contributed by atoms with Crippen LogP contribution >= 0.6 is 0 Å². The molecule has 1 saturated heterocycles. The lowest BCUT2D eigenvalue weighted by Crippen LogP contribution is -2.43. The molecule has 4 nitrogen and oxygen atoms in total. The lowest BCUT2D eigenvalue weighted by molar-refractivity contribution is -0.137. The van der Waals surface area contributed by atoms with Gasteiger partial charge in [-0.05, 0) is 37.9 Å². The maximum atomic E-state index is 12.3. The predicted octanol–water partition coefficient (Wildman–Crippen LogP) is 1.76. The average Bonchev–Trinajstić information content (AvgIpc) is 2.66. The molecule has 1 N–H and O–H groups in total. The van der Waals surface area contributed by atoms with E-state index in [1.807, 2.05) is 38.2 Å². The van der Waals surface area contributed by atoms with Crippen molar-refractivity contribution in [1.82, 2.24) is 4.90 Å². The highest BCUT2D eigenvalue weighted by Crippen LogP contribution is 2.42. The number of hydrogen-bond acceptors (Lipinski definition) is 4. The number of ether oxygens (including phenoxy) is 1. The first kappa shape index (κ1) is 14.3. The van der Waals surface area contributed by atoms with Crippen LogP contribution in [0.5, 0.6) is 0 Å². The van der Waals surface area contributed by atoms with Crippen LogP contribution in [-0.4, -0.2) is 48.3 Å². The summed E-state index contributed by atoms with van der Waals surface area (Å²) < 4.78 is 4.98. The number of aryl methyl sites for hydroxylation is 1. The lowest BCUT2D eigenvalue weighted by atomic mass is 9.88. The number of fused-ring (bicyclic) bond motifs is 2. The zero-order valence-electron chi connectivity index (χ0n) is 12.7. The van der Waals surface area contributed by atoms with Crippen molar-refractivity contribution in [3.05, 3.63) is 41.0 Å². The van der Waals surface area contributed by atoms with Gasteiger partial charge < -0.3 is 9.84 Å². The van der Waals surface area contributed by atoms with Gasteiger partial charge in [-0.1, -0.05) is 29.8 Å². The molecule has 1 fully saturated rings. The van der Waals surface area contributed by atoms with Gasteiger partial charge in [-0.2, -0.15) is 0 Å². The third kappa shape index (κ3) is 2.28. The van der Waals surface area contributed by atoms with Gasteiger partial charge in [0.2, 0.25) is 0 Å². The van der Waals surface area contributed by atoms with E-state index in [0.717, 1.165) is 17.6 Å². The topological polar surface area (TPSA) is 49.8 Å². The van der Waals surface area contributed by atoms with Gasteiger partial charge in [0.25, 0.3) is 0 Å². The van der Waals surface area contributed by atoms with E-state index in [-0.39, 0.29) is 18.1 Å². The Kier molecular flexibility index (Phi) is 3.59. The van der Waals surface area contributed by atoms with Gasteiger partial charge in [-0.25, -0.2) is 4.79 Å². The Labute approximate surface area is 125 Å². The van der Waals surface area contributed by atoms with Crippen LogP contribution < -0.4 is 0 Å². The molecule has 0 aromatic heterocycles. The molecule has 2 bridgehead atoms. The Hall–Kier alpha value is -1.65. The van der Waals surface area contributed by atoms with E-state index in [0.29, 0.717) is 12.0 Å². The first-order chi connectivity index (χ1) is 10.0. The van der Waals surface area contributed by atoms with Crippen molar-refractivity contribution in [2.45, 2.75) is 38.0 Å². The number of esters is 1. The summed E-state index contributed by atoms with van der Waals surface area (Å²) in [5, 5.41) is 10.3. The van der Waals surface area contributed by atoms with Crippen molar-refractivity contribution in [3.8, 4) is 0 Å². The van der Waals surface area contributed by atoms with Gasteiger partial charge >= 0.3 is 5.97 Å². The molecule has 2 aliphatic heterocycles. The normalized spacial score (nSPS) is 28.9. The van der Waals surface area contributed by atoms with Gasteiger partial charge in [-0.15, -0.1) is 0 Å². The number of aliphatic hydroxyl groups excluding tert-OH is 1. The van der Waals surface area contributed by atoms with Crippen molar-refractivity contribution < 1.29 is 14.6 Å². The Bertz CT molecular complexity index is 591. The molecule has 112 valence electrons. The Balaban J connectivity index is 2.13. The molecular formula is C17H21NO3. The summed E-state index contributed by atoms with van der Waals surface area (Å²) in [6.45, 7) is 2.04. The second-order valence-electron chi connectivity index (χ2n) is 6.02. The van der Waals surface area contributed by atoms with Crippen molar-refractivity contribution >= 4 is 11.5 Å². The fraction of sp³-hybridized carbons (Fsp3) is 0.471. The molecule has 1 aromatic rings. The highest BCUT2D eigenvalue weighted by atomic mass is 16.5. The highest BCUT2D eigenvalue weighted by Gasteiger charge is 2.47.